The number of nitrogens with zero attached hydrogens (tertiary/aromatic N) is 2. The molecular formula is C18H21N5O4S2. The van der Waals surface area contributed by atoms with Crippen molar-refractivity contribution in [1.82, 2.24) is 10.2 Å². The molecule has 0 saturated heterocycles. The summed E-state index contributed by atoms with van der Waals surface area (Å²) in [6.07, 6.45) is 2.81. The van der Waals surface area contributed by atoms with E-state index in [1.165, 1.54) is 36.0 Å². The highest BCUT2D eigenvalue weighted by Crippen LogP contribution is 2.30. The molecule has 9 nitrogen and oxygen atoms in total. The molecule has 2 amide bonds. The van der Waals surface area contributed by atoms with Gasteiger partial charge in [-0.05, 0) is 55.7 Å². The molecule has 1 heterocycles. The van der Waals surface area contributed by atoms with Crippen molar-refractivity contribution in [2.75, 3.05) is 16.4 Å². The molecule has 0 radical (unpaired) electrons. The molecule has 3 rings (SSSR count). The van der Waals surface area contributed by atoms with Crippen LogP contribution in [0.4, 0.5) is 11.5 Å². The maximum absolute atomic E-state index is 12.0. The van der Waals surface area contributed by atoms with Crippen molar-refractivity contribution in [3.05, 3.63) is 36.4 Å². The summed E-state index contributed by atoms with van der Waals surface area (Å²) in [7, 11) is -3.75. The number of anilines is 2. The number of sulfonamides is 1. The molecule has 0 atom stereocenters. The number of nitrogens with one attached hydrogen (secondary N) is 2. The highest BCUT2D eigenvalue weighted by atomic mass is 32.2. The molecule has 1 saturated carbocycles. The van der Waals surface area contributed by atoms with Crippen LogP contribution in [0.1, 0.15) is 25.7 Å². The molecule has 4 N–H and O–H groups in total. The Morgan fingerprint density at radius 2 is 1.79 bits per heavy atom. The van der Waals surface area contributed by atoms with Gasteiger partial charge in [-0.1, -0.05) is 0 Å². The van der Waals surface area contributed by atoms with Crippen molar-refractivity contribution < 1.29 is 18.0 Å². The maximum Gasteiger partial charge on any atom is 0.238 e. The fourth-order valence-electron chi connectivity index (χ4n) is 2.40. The van der Waals surface area contributed by atoms with Gasteiger partial charge in [-0.15, -0.1) is 22.0 Å². The first-order valence-electron chi connectivity index (χ1n) is 9.01. The van der Waals surface area contributed by atoms with Crippen molar-refractivity contribution in [3.8, 4) is 0 Å². The minimum Gasteiger partial charge on any atom is -0.326 e. The quantitative estimate of drug-likeness (QED) is 0.403. The van der Waals surface area contributed by atoms with E-state index >= 15 is 0 Å². The van der Waals surface area contributed by atoms with Crippen molar-refractivity contribution >= 4 is 45.1 Å². The van der Waals surface area contributed by atoms with E-state index in [1.54, 1.807) is 12.1 Å². The van der Waals surface area contributed by atoms with Gasteiger partial charge >= 0.3 is 0 Å². The number of nitrogens with two attached hydrogens (primary N) is 1. The van der Waals surface area contributed by atoms with Gasteiger partial charge in [0.25, 0.3) is 0 Å². The molecule has 1 fully saturated rings. The SMILES string of the molecule is NS(=O)(=O)c1ccc(NC(=O)CCCSc2ccc(NC(=O)C3CC3)nn2)cc1. The van der Waals surface area contributed by atoms with E-state index in [2.05, 4.69) is 20.8 Å². The third-order valence-corrected chi connectivity index (χ3v) is 6.04. The zero-order valence-corrected chi connectivity index (χ0v) is 17.1. The van der Waals surface area contributed by atoms with E-state index in [0.717, 1.165) is 12.8 Å². The van der Waals surface area contributed by atoms with Gasteiger partial charge in [0, 0.05) is 23.8 Å². The largest absolute Gasteiger partial charge is 0.326 e. The maximum atomic E-state index is 12.0. The Balaban J connectivity index is 1.36. The van der Waals surface area contributed by atoms with E-state index in [-0.39, 0.29) is 22.6 Å². The predicted molar refractivity (Wildman–Crippen MR) is 110 cm³/mol. The average molecular weight is 436 g/mol. The summed E-state index contributed by atoms with van der Waals surface area (Å²) in [5.41, 5.74) is 0.504. The Hall–Kier alpha value is -2.50. The summed E-state index contributed by atoms with van der Waals surface area (Å²) in [6, 6.07) is 9.17. The standard InChI is InChI=1S/C18H21N5O4S2/c19-29(26,27)14-7-5-13(6-8-14)20-16(24)2-1-11-28-17-10-9-15(22-23-17)21-18(25)12-3-4-12/h5-10,12H,1-4,11H2,(H,20,24)(H2,19,26,27)(H,21,22,25). The topological polar surface area (TPSA) is 144 Å². The minimum absolute atomic E-state index is 0.00821. The summed E-state index contributed by atoms with van der Waals surface area (Å²) in [6.45, 7) is 0. The van der Waals surface area contributed by atoms with Gasteiger partial charge in [-0.2, -0.15) is 0 Å². The van der Waals surface area contributed by atoms with Crippen LogP contribution in [0.2, 0.25) is 0 Å². The van der Waals surface area contributed by atoms with Crippen LogP contribution in [0.3, 0.4) is 0 Å². The first-order valence-corrected chi connectivity index (χ1v) is 11.5. The van der Waals surface area contributed by atoms with E-state index in [1.807, 2.05) is 0 Å². The second-order valence-electron chi connectivity index (χ2n) is 6.59. The average Bonchev–Trinajstić information content (AvgIpc) is 3.51. The number of primary sulfonamides is 1. The summed E-state index contributed by atoms with van der Waals surface area (Å²) in [5, 5.41) is 19.2. The van der Waals surface area contributed by atoms with Gasteiger partial charge in [0.2, 0.25) is 21.8 Å². The number of benzene rings is 1. The second-order valence-corrected chi connectivity index (χ2v) is 9.27. The Kier molecular flexibility index (Phi) is 6.83. The number of hydrogen-bond acceptors (Lipinski definition) is 7. The summed E-state index contributed by atoms with van der Waals surface area (Å²) < 4.78 is 22.4. The molecular weight excluding hydrogens is 414 g/mol. The van der Waals surface area contributed by atoms with Crippen LogP contribution in [-0.4, -0.2) is 36.2 Å². The molecule has 1 aliphatic carbocycles. The van der Waals surface area contributed by atoms with Gasteiger partial charge < -0.3 is 10.6 Å². The van der Waals surface area contributed by atoms with E-state index in [4.69, 9.17) is 5.14 Å². The number of carbonyl (C=O) groups is 2. The normalized spacial score (nSPS) is 13.7. The molecule has 0 spiro atoms. The van der Waals surface area contributed by atoms with Crippen LogP contribution >= 0.6 is 11.8 Å². The van der Waals surface area contributed by atoms with Crippen LogP contribution in [0, 0.1) is 5.92 Å². The van der Waals surface area contributed by atoms with Crippen LogP contribution < -0.4 is 15.8 Å². The molecule has 0 aliphatic heterocycles. The zero-order valence-electron chi connectivity index (χ0n) is 15.5. The third-order valence-electron chi connectivity index (χ3n) is 4.10. The lowest BCUT2D eigenvalue weighted by Gasteiger charge is -2.06. The highest BCUT2D eigenvalue weighted by Gasteiger charge is 2.29. The molecule has 154 valence electrons. The molecule has 0 unspecified atom stereocenters. The Morgan fingerprint density at radius 3 is 2.38 bits per heavy atom. The Bertz CT molecular complexity index is 974. The number of rotatable bonds is 9. The number of hydrogen-bond donors (Lipinski definition) is 3. The number of amides is 2. The van der Waals surface area contributed by atoms with Crippen LogP contribution in [0.5, 0.6) is 0 Å². The fraction of sp³-hybridized carbons (Fsp3) is 0.333. The Morgan fingerprint density at radius 1 is 1.07 bits per heavy atom. The predicted octanol–water partition coefficient (Wildman–Crippen LogP) is 1.98. The lowest BCUT2D eigenvalue weighted by Crippen LogP contribution is -2.14. The third kappa shape index (κ3) is 6.80. The van der Waals surface area contributed by atoms with Crippen LogP contribution in [0.25, 0.3) is 0 Å². The zero-order chi connectivity index (χ0) is 20.9. The van der Waals surface area contributed by atoms with Gasteiger partial charge in [-0.25, -0.2) is 13.6 Å². The summed E-state index contributed by atoms with van der Waals surface area (Å²) in [5.74, 6) is 1.06. The molecule has 1 aromatic heterocycles. The molecule has 11 heteroatoms. The van der Waals surface area contributed by atoms with Gasteiger partial charge in [0.05, 0.1) is 4.90 Å². The molecule has 1 aromatic carbocycles. The number of aromatic nitrogens is 2. The first kappa shape index (κ1) is 21.2. The molecule has 2 aromatic rings. The summed E-state index contributed by atoms with van der Waals surface area (Å²) >= 11 is 1.47. The van der Waals surface area contributed by atoms with Gasteiger partial charge in [-0.3, -0.25) is 9.59 Å². The number of carbonyl (C=O) groups excluding carboxylic acids is 2. The molecule has 0 bridgehead atoms. The van der Waals surface area contributed by atoms with Crippen molar-refractivity contribution in [3.63, 3.8) is 0 Å². The lowest BCUT2D eigenvalue weighted by molar-refractivity contribution is -0.117. The Labute approximate surface area is 172 Å². The van der Waals surface area contributed by atoms with E-state index in [9.17, 15) is 18.0 Å². The van der Waals surface area contributed by atoms with Gasteiger partial charge in [0.1, 0.15) is 5.03 Å². The molecule has 29 heavy (non-hydrogen) atoms. The second kappa shape index (κ2) is 9.33. The monoisotopic (exact) mass is 435 g/mol. The van der Waals surface area contributed by atoms with Gasteiger partial charge in [0.15, 0.2) is 5.82 Å². The van der Waals surface area contributed by atoms with Crippen LogP contribution in [0.15, 0.2) is 46.3 Å². The highest BCUT2D eigenvalue weighted by molar-refractivity contribution is 7.99. The lowest BCUT2D eigenvalue weighted by atomic mass is 10.3. The minimum atomic E-state index is -3.75. The first-order chi connectivity index (χ1) is 13.8. The fourth-order valence-corrected chi connectivity index (χ4v) is 3.67. The van der Waals surface area contributed by atoms with Crippen LogP contribution in [-0.2, 0) is 19.6 Å². The van der Waals surface area contributed by atoms with Crippen molar-refractivity contribution in [2.24, 2.45) is 11.1 Å². The summed E-state index contributed by atoms with van der Waals surface area (Å²) in [4.78, 5) is 23.6. The van der Waals surface area contributed by atoms with E-state index in [0.29, 0.717) is 35.1 Å². The number of thioether (sulfide) groups is 1. The van der Waals surface area contributed by atoms with Crippen molar-refractivity contribution in [1.29, 1.82) is 0 Å². The van der Waals surface area contributed by atoms with Crippen molar-refractivity contribution in [2.45, 2.75) is 35.6 Å². The van der Waals surface area contributed by atoms with E-state index < -0.39 is 10.0 Å². The smallest absolute Gasteiger partial charge is 0.238 e. The molecule has 1 aliphatic rings.